The topological polar surface area (TPSA) is 52.6 Å². The molecule has 0 radical (unpaired) electrons. The first kappa shape index (κ1) is 16.3. The van der Waals surface area contributed by atoms with Crippen molar-refractivity contribution < 1.29 is 19.1 Å². The highest BCUT2D eigenvalue weighted by atomic mass is 35.5. The van der Waals surface area contributed by atoms with Gasteiger partial charge in [0, 0.05) is 10.6 Å². The Bertz CT molecular complexity index is 875. The number of ether oxygens (including phenoxy) is 2. The standard InChI is InChI=1S/C19H15ClO4/c1-10(2)17-16(21)14-8-9-15(11(3)18(14)24-17)23-19(22)12-4-6-13(20)7-5-12/h4-9H,1-3H3. The van der Waals surface area contributed by atoms with E-state index < -0.39 is 5.97 Å². The molecule has 0 saturated carbocycles. The van der Waals surface area contributed by atoms with Crippen molar-refractivity contribution in [3.05, 3.63) is 69.4 Å². The number of benzene rings is 2. The third kappa shape index (κ3) is 2.81. The fraction of sp³-hybridized carbons (Fsp3) is 0.158. The van der Waals surface area contributed by atoms with Crippen molar-refractivity contribution in [3.8, 4) is 11.5 Å². The number of ketones is 1. The Morgan fingerprint density at radius 1 is 1.08 bits per heavy atom. The van der Waals surface area contributed by atoms with Crippen molar-refractivity contribution in [1.29, 1.82) is 0 Å². The molecule has 0 fully saturated rings. The van der Waals surface area contributed by atoms with E-state index in [-0.39, 0.29) is 5.78 Å². The summed E-state index contributed by atoms with van der Waals surface area (Å²) in [5.41, 5.74) is 2.28. The number of halogens is 1. The Kier molecular flexibility index (Phi) is 4.16. The van der Waals surface area contributed by atoms with Gasteiger partial charge in [0.1, 0.15) is 11.5 Å². The van der Waals surface area contributed by atoms with Crippen molar-refractivity contribution in [3.63, 3.8) is 0 Å². The normalized spacial score (nSPS) is 12.7. The van der Waals surface area contributed by atoms with E-state index in [1.165, 1.54) is 0 Å². The van der Waals surface area contributed by atoms with Gasteiger partial charge in [-0.2, -0.15) is 0 Å². The van der Waals surface area contributed by atoms with E-state index in [0.717, 1.165) is 5.57 Å². The van der Waals surface area contributed by atoms with Gasteiger partial charge in [0.25, 0.3) is 0 Å². The van der Waals surface area contributed by atoms with Crippen molar-refractivity contribution in [2.75, 3.05) is 0 Å². The quantitative estimate of drug-likeness (QED) is 0.449. The molecule has 3 rings (SSSR count). The lowest BCUT2D eigenvalue weighted by Gasteiger charge is -2.10. The van der Waals surface area contributed by atoms with Crippen LogP contribution in [0.25, 0.3) is 0 Å². The number of allylic oxidation sites excluding steroid dienone is 2. The molecule has 2 aromatic rings. The van der Waals surface area contributed by atoms with Crippen LogP contribution in [0.2, 0.25) is 5.02 Å². The SMILES string of the molecule is CC(C)=C1Oc2c(ccc(OC(=O)c3ccc(Cl)cc3)c2C)C1=O. The summed E-state index contributed by atoms with van der Waals surface area (Å²) in [6.07, 6.45) is 0. The van der Waals surface area contributed by atoms with Crippen LogP contribution in [0.1, 0.15) is 40.1 Å². The van der Waals surface area contributed by atoms with Crippen molar-refractivity contribution >= 4 is 23.4 Å². The first-order valence-electron chi connectivity index (χ1n) is 7.40. The lowest BCUT2D eigenvalue weighted by Crippen LogP contribution is -2.09. The van der Waals surface area contributed by atoms with E-state index in [4.69, 9.17) is 21.1 Å². The highest BCUT2D eigenvalue weighted by Gasteiger charge is 2.31. The van der Waals surface area contributed by atoms with Crippen LogP contribution in [0.3, 0.4) is 0 Å². The monoisotopic (exact) mass is 342 g/mol. The Balaban J connectivity index is 1.91. The maximum Gasteiger partial charge on any atom is 0.343 e. The van der Waals surface area contributed by atoms with Gasteiger partial charge in [0.05, 0.1) is 11.1 Å². The van der Waals surface area contributed by atoms with Gasteiger partial charge in [-0.05, 0) is 62.7 Å². The number of Topliss-reactive ketones (excluding diaryl/α,β-unsaturated/α-hetero) is 1. The first-order valence-corrected chi connectivity index (χ1v) is 7.77. The molecule has 24 heavy (non-hydrogen) atoms. The summed E-state index contributed by atoms with van der Waals surface area (Å²) in [5, 5.41) is 0.543. The van der Waals surface area contributed by atoms with Crippen LogP contribution < -0.4 is 9.47 Å². The molecule has 0 spiro atoms. The van der Waals surface area contributed by atoms with Crippen LogP contribution in [0.4, 0.5) is 0 Å². The Morgan fingerprint density at radius 3 is 2.38 bits per heavy atom. The zero-order valence-corrected chi connectivity index (χ0v) is 14.2. The number of fused-ring (bicyclic) bond motifs is 1. The summed E-state index contributed by atoms with van der Waals surface area (Å²) in [6, 6.07) is 9.65. The fourth-order valence-corrected chi connectivity index (χ4v) is 2.57. The van der Waals surface area contributed by atoms with E-state index in [9.17, 15) is 9.59 Å². The molecular formula is C19H15ClO4. The first-order chi connectivity index (χ1) is 11.4. The van der Waals surface area contributed by atoms with Gasteiger partial charge in [-0.15, -0.1) is 0 Å². The van der Waals surface area contributed by atoms with Crippen molar-refractivity contribution in [2.24, 2.45) is 0 Å². The highest BCUT2D eigenvalue weighted by Crippen LogP contribution is 2.39. The van der Waals surface area contributed by atoms with Crippen LogP contribution >= 0.6 is 11.6 Å². The minimum Gasteiger partial charge on any atom is -0.452 e. The summed E-state index contributed by atoms with van der Waals surface area (Å²) >= 11 is 5.81. The van der Waals surface area contributed by atoms with Crippen LogP contribution in [0.15, 0.2) is 47.7 Å². The van der Waals surface area contributed by atoms with Gasteiger partial charge in [-0.1, -0.05) is 11.6 Å². The van der Waals surface area contributed by atoms with Gasteiger partial charge in [-0.25, -0.2) is 4.79 Å². The highest BCUT2D eigenvalue weighted by molar-refractivity contribution is 6.30. The Labute approximate surface area is 144 Å². The lowest BCUT2D eigenvalue weighted by atomic mass is 10.1. The Hall–Kier alpha value is -2.59. The minimum absolute atomic E-state index is 0.149. The zero-order valence-electron chi connectivity index (χ0n) is 13.5. The predicted octanol–water partition coefficient (Wildman–Crippen LogP) is 4.74. The average Bonchev–Trinajstić information content (AvgIpc) is 2.89. The molecule has 1 aliphatic rings. The molecule has 2 aromatic carbocycles. The van der Waals surface area contributed by atoms with Gasteiger partial charge < -0.3 is 9.47 Å². The molecule has 1 heterocycles. The zero-order chi connectivity index (χ0) is 17.4. The van der Waals surface area contributed by atoms with Gasteiger partial charge in [-0.3, -0.25) is 4.79 Å². The van der Waals surface area contributed by atoms with Crippen LogP contribution in [0, 0.1) is 6.92 Å². The summed E-state index contributed by atoms with van der Waals surface area (Å²) in [4.78, 5) is 24.5. The third-order valence-electron chi connectivity index (χ3n) is 3.75. The van der Waals surface area contributed by atoms with Crippen LogP contribution in [-0.4, -0.2) is 11.8 Å². The summed E-state index contributed by atoms with van der Waals surface area (Å²) < 4.78 is 11.1. The smallest absolute Gasteiger partial charge is 0.343 e. The molecule has 0 aromatic heterocycles. The predicted molar refractivity (Wildman–Crippen MR) is 90.9 cm³/mol. The number of carbonyl (C=O) groups is 2. The summed E-state index contributed by atoms with van der Waals surface area (Å²) in [7, 11) is 0. The van der Waals surface area contributed by atoms with E-state index in [1.807, 2.05) is 13.8 Å². The fourth-order valence-electron chi connectivity index (χ4n) is 2.44. The summed E-state index contributed by atoms with van der Waals surface area (Å²) in [5.74, 6) is 0.480. The number of hydrogen-bond acceptors (Lipinski definition) is 4. The van der Waals surface area contributed by atoms with Gasteiger partial charge in [0.2, 0.25) is 5.78 Å². The maximum absolute atomic E-state index is 12.3. The van der Waals surface area contributed by atoms with Gasteiger partial charge >= 0.3 is 5.97 Å². The minimum atomic E-state index is -0.499. The molecular weight excluding hydrogens is 328 g/mol. The molecule has 4 nitrogen and oxygen atoms in total. The molecule has 5 heteroatoms. The number of carbonyl (C=O) groups excluding carboxylic acids is 2. The van der Waals surface area contributed by atoms with Crippen LogP contribution in [0.5, 0.6) is 11.5 Å². The average molecular weight is 343 g/mol. The van der Waals surface area contributed by atoms with Crippen molar-refractivity contribution in [2.45, 2.75) is 20.8 Å². The maximum atomic E-state index is 12.3. The van der Waals surface area contributed by atoms with Gasteiger partial charge in [0.15, 0.2) is 5.76 Å². The lowest BCUT2D eigenvalue weighted by molar-refractivity contribution is 0.0733. The van der Waals surface area contributed by atoms with E-state index in [2.05, 4.69) is 0 Å². The second kappa shape index (κ2) is 6.13. The molecule has 0 saturated heterocycles. The van der Waals surface area contributed by atoms with E-state index in [1.54, 1.807) is 43.3 Å². The van der Waals surface area contributed by atoms with E-state index in [0.29, 0.717) is 39.0 Å². The van der Waals surface area contributed by atoms with E-state index >= 15 is 0 Å². The molecule has 0 atom stereocenters. The molecule has 0 N–H and O–H groups in total. The van der Waals surface area contributed by atoms with Crippen molar-refractivity contribution in [1.82, 2.24) is 0 Å². The number of hydrogen-bond donors (Lipinski definition) is 0. The molecule has 0 amide bonds. The summed E-state index contributed by atoms with van der Waals surface area (Å²) in [6.45, 7) is 5.39. The molecule has 0 unspecified atom stereocenters. The largest absolute Gasteiger partial charge is 0.452 e. The van der Waals surface area contributed by atoms with Crippen LogP contribution in [-0.2, 0) is 0 Å². The third-order valence-corrected chi connectivity index (χ3v) is 4.00. The number of esters is 1. The second-order valence-electron chi connectivity index (χ2n) is 5.72. The molecule has 122 valence electrons. The molecule has 1 aliphatic heterocycles. The molecule has 0 aliphatic carbocycles. The molecule has 0 bridgehead atoms. The second-order valence-corrected chi connectivity index (χ2v) is 6.16. The Morgan fingerprint density at radius 2 is 1.75 bits per heavy atom. The number of rotatable bonds is 2.